The molecule has 0 fully saturated rings. The molecule has 0 aromatic carbocycles. The smallest absolute Gasteiger partial charge is 0.234 e. The number of nitrogens with one attached hydrogen (secondary N) is 1. The molecule has 1 aromatic heterocycles. The van der Waals surface area contributed by atoms with Gasteiger partial charge in [0.05, 0.1) is 6.42 Å². The lowest BCUT2D eigenvalue weighted by atomic mass is 10.2. The average molecular weight is 289 g/mol. The third-order valence-corrected chi connectivity index (χ3v) is 2.90. The predicted molar refractivity (Wildman–Crippen MR) is 62.5 cm³/mol. The third kappa shape index (κ3) is 4.57. The fraction of sp³-hybridized carbons (Fsp3) is 0.375. The Labute approximate surface area is 106 Å². The summed E-state index contributed by atoms with van der Waals surface area (Å²) in [6.45, 7) is 0. The van der Waals surface area contributed by atoms with Crippen LogP contribution in [0.5, 0.6) is 0 Å². The summed E-state index contributed by atoms with van der Waals surface area (Å²) >= 11 is 17.6. The molecule has 3 nitrogen and oxygen atoms in total. The maximum atomic E-state index is 11.3. The summed E-state index contributed by atoms with van der Waals surface area (Å²) in [6, 6.07) is 1.81. The van der Waals surface area contributed by atoms with Crippen molar-refractivity contribution in [3.8, 4) is 0 Å². The molecule has 1 amide bonds. The standard InChI is InChI=1S/C8H8Cl3NO2S/c9-8(10,11)7(14)12-6(13)3-5-1-2-15-4-5/h1-2,4,7,14H,3H2,(H,12,13). The van der Waals surface area contributed by atoms with E-state index in [2.05, 4.69) is 5.32 Å². The van der Waals surface area contributed by atoms with Gasteiger partial charge in [-0.05, 0) is 22.4 Å². The minimum atomic E-state index is -1.91. The van der Waals surface area contributed by atoms with Crippen LogP contribution in [-0.2, 0) is 11.2 Å². The molecule has 1 heterocycles. The Kier molecular flexibility index (Phi) is 4.67. The molecule has 15 heavy (non-hydrogen) atoms. The lowest BCUT2D eigenvalue weighted by Gasteiger charge is -2.19. The van der Waals surface area contributed by atoms with Crippen molar-refractivity contribution in [2.45, 2.75) is 16.4 Å². The fourth-order valence-electron chi connectivity index (χ4n) is 0.864. The van der Waals surface area contributed by atoms with Crippen molar-refractivity contribution in [1.82, 2.24) is 5.32 Å². The highest BCUT2D eigenvalue weighted by molar-refractivity contribution is 7.08. The van der Waals surface area contributed by atoms with Crippen LogP contribution in [0.1, 0.15) is 5.56 Å². The van der Waals surface area contributed by atoms with Crippen LogP contribution in [0.2, 0.25) is 0 Å². The summed E-state index contributed by atoms with van der Waals surface area (Å²) in [5, 5.41) is 15.1. The number of carbonyl (C=O) groups excluding carboxylic acids is 1. The van der Waals surface area contributed by atoms with Crippen molar-refractivity contribution >= 4 is 52.0 Å². The van der Waals surface area contributed by atoms with Gasteiger partial charge in [-0.3, -0.25) is 4.79 Å². The largest absolute Gasteiger partial charge is 0.369 e. The van der Waals surface area contributed by atoms with E-state index < -0.39 is 15.9 Å². The molecule has 0 saturated heterocycles. The van der Waals surface area contributed by atoms with Crippen LogP contribution in [0.25, 0.3) is 0 Å². The molecule has 2 N–H and O–H groups in total. The van der Waals surface area contributed by atoms with Crippen LogP contribution >= 0.6 is 46.1 Å². The highest BCUT2D eigenvalue weighted by Gasteiger charge is 2.31. The van der Waals surface area contributed by atoms with E-state index in [0.717, 1.165) is 5.56 Å². The van der Waals surface area contributed by atoms with Crippen LogP contribution in [-0.4, -0.2) is 21.0 Å². The predicted octanol–water partition coefficient (Wildman–Crippen LogP) is 2.10. The average Bonchev–Trinajstić information content (AvgIpc) is 2.54. The van der Waals surface area contributed by atoms with Gasteiger partial charge in [-0.1, -0.05) is 34.8 Å². The van der Waals surface area contributed by atoms with Crippen molar-refractivity contribution in [2.75, 3.05) is 0 Å². The second kappa shape index (κ2) is 5.37. The molecule has 1 rings (SSSR count). The first-order valence-corrected chi connectivity index (χ1v) is 6.02. The van der Waals surface area contributed by atoms with Crippen molar-refractivity contribution in [1.29, 1.82) is 0 Å². The first-order valence-electron chi connectivity index (χ1n) is 3.95. The Hall–Kier alpha value is -0.000000000000000111. The number of aliphatic hydroxyl groups excluding tert-OH is 1. The number of rotatable bonds is 3. The molecule has 0 aliphatic carbocycles. The van der Waals surface area contributed by atoms with Gasteiger partial charge in [-0.15, -0.1) is 0 Å². The zero-order valence-corrected chi connectivity index (χ0v) is 10.5. The number of amides is 1. The van der Waals surface area contributed by atoms with Crippen LogP contribution in [0.4, 0.5) is 0 Å². The van der Waals surface area contributed by atoms with Gasteiger partial charge in [0.25, 0.3) is 0 Å². The van der Waals surface area contributed by atoms with E-state index in [9.17, 15) is 9.90 Å². The Bertz CT molecular complexity index is 323. The molecule has 0 spiro atoms. The molecular weight excluding hydrogens is 281 g/mol. The van der Waals surface area contributed by atoms with Gasteiger partial charge in [0.2, 0.25) is 9.70 Å². The van der Waals surface area contributed by atoms with E-state index in [4.69, 9.17) is 34.8 Å². The fourth-order valence-corrected chi connectivity index (χ4v) is 1.70. The molecule has 0 aliphatic rings. The van der Waals surface area contributed by atoms with E-state index in [0.29, 0.717) is 0 Å². The molecule has 0 bridgehead atoms. The second-order valence-corrected chi connectivity index (χ2v) is 5.97. The van der Waals surface area contributed by atoms with Crippen molar-refractivity contribution in [2.24, 2.45) is 0 Å². The van der Waals surface area contributed by atoms with E-state index in [1.807, 2.05) is 16.8 Å². The van der Waals surface area contributed by atoms with Gasteiger partial charge in [0.1, 0.15) is 0 Å². The Morgan fingerprint density at radius 1 is 1.60 bits per heavy atom. The normalized spacial score (nSPS) is 13.6. The molecule has 7 heteroatoms. The van der Waals surface area contributed by atoms with Crippen LogP contribution in [0.15, 0.2) is 16.8 Å². The molecule has 0 aliphatic heterocycles. The zero-order chi connectivity index (χ0) is 11.5. The van der Waals surface area contributed by atoms with Gasteiger partial charge >= 0.3 is 0 Å². The van der Waals surface area contributed by atoms with Crippen LogP contribution in [0, 0.1) is 0 Å². The van der Waals surface area contributed by atoms with Gasteiger partial charge in [0, 0.05) is 0 Å². The molecule has 84 valence electrons. The molecular formula is C8H8Cl3NO2S. The summed E-state index contributed by atoms with van der Waals surface area (Å²) in [5.41, 5.74) is 0.856. The summed E-state index contributed by atoms with van der Waals surface area (Å²) in [7, 11) is 0. The minimum absolute atomic E-state index is 0.154. The number of hydrogen-bond acceptors (Lipinski definition) is 3. The summed E-state index contributed by atoms with van der Waals surface area (Å²) in [4.78, 5) is 11.3. The number of hydrogen-bond donors (Lipinski definition) is 2. The lowest BCUT2D eigenvalue weighted by Crippen LogP contribution is -2.44. The quantitative estimate of drug-likeness (QED) is 0.661. The SMILES string of the molecule is O=C(Cc1ccsc1)NC(O)C(Cl)(Cl)Cl. The summed E-state index contributed by atoms with van der Waals surface area (Å²) < 4.78 is -1.91. The lowest BCUT2D eigenvalue weighted by molar-refractivity contribution is -0.123. The van der Waals surface area contributed by atoms with Crippen molar-refractivity contribution < 1.29 is 9.90 Å². The van der Waals surface area contributed by atoms with E-state index in [1.165, 1.54) is 11.3 Å². The van der Waals surface area contributed by atoms with E-state index in [-0.39, 0.29) is 6.42 Å². The Balaban J connectivity index is 2.43. The van der Waals surface area contributed by atoms with Gasteiger partial charge in [-0.2, -0.15) is 11.3 Å². The highest BCUT2D eigenvalue weighted by atomic mass is 35.6. The Morgan fingerprint density at radius 2 is 2.27 bits per heavy atom. The molecule has 1 aromatic rings. The Morgan fingerprint density at radius 3 is 2.73 bits per heavy atom. The van der Waals surface area contributed by atoms with E-state index >= 15 is 0 Å². The van der Waals surface area contributed by atoms with Crippen LogP contribution < -0.4 is 5.32 Å². The molecule has 1 unspecified atom stereocenters. The number of aliphatic hydroxyl groups is 1. The minimum Gasteiger partial charge on any atom is -0.369 e. The maximum Gasteiger partial charge on any atom is 0.234 e. The monoisotopic (exact) mass is 287 g/mol. The third-order valence-electron chi connectivity index (χ3n) is 1.55. The van der Waals surface area contributed by atoms with Crippen molar-refractivity contribution in [3.63, 3.8) is 0 Å². The first kappa shape index (κ1) is 13.1. The summed E-state index contributed by atoms with van der Waals surface area (Å²) in [6.07, 6.45) is -1.35. The molecule has 0 saturated carbocycles. The number of halogens is 3. The highest BCUT2D eigenvalue weighted by Crippen LogP contribution is 2.28. The second-order valence-electron chi connectivity index (χ2n) is 2.82. The number of thiophene rings is 1. The number of alkyl halides is 3. The zero-order valence-electron chi connectivity index (χ0n) is 7.41. The van der Waals surface area contributed by atoms with Crippen molar-refractivity contribution in [3.05, 3.63) is 22.4 Å². The maximum absolute atomic E-state index is 11.3. The molecule has 0 radical (unpaired) electrons. The van der Waals surface area contributed by atoms with Gasteiger partial charge in [0.15, 0.2) is 6.23 Å². The number of carbonyl (C=O) groups is 1. The molecule has 1 atom stereocenters. The van der Waals surface area contributed by atoms with E-state index in [1.54, 1.807) is 0 Å². The van der Waals surface area contributed by atoms with Gasteiger partial charge in [-0.25, -0.2) is 0 Å². The summed E-state index contributed by atoms with van der Waals surface area (Å²) in [5.74, 6) is -0.396. The van der Waals surface area contributed by atoms with Crippen LogP contribution in [0.3, 0.4) is 0 Å². The van der Waals surface area contributed by atoms with Gasteiger partial charge < -0.3 is 10.4 Å². The topological polar surface area (TPSA) is 49.3 Å². The first-order chi connectivity index (χ1) is 6.89.